The Morgan fingerprint density at radius 1 is 0.956 bits per heavy atom. The molecule has 0 amide bonds. The number of benzene rings is 3. The molecule has 3 aromatic carbocycles. The first-order chi connectivity index (χ1) is 21.3. The molecule has 2 atom stereocenters. The molecule has 238 valence electrons. The molecular weight excluding hydrogens is 598 g/mol. The maximum atomic E-state index is 13.8. The number of halogens is 6. The molecule has 0 saturated heterocycles. The van der Waals surface area contributed by atoms with Crippen molar-refractivity contribution in [1.82, 2.24) is 9.55 Å². The summed E-state index contributed by atoms with van der Waals surface area (Å²) in [6.07, 6.45) is -6.94. The highest BCUT2D eigenvalue weighted by Crippen LogP contribution is 2.32. The lowest BCUT2D eigenvalue weighted by Crippen LogP contribution is -2.29. The Bertz CT molecular complexity index is 1680. The Kier molecular flexibility index (Phi) is 10.6. The predicted octanol–water partition coefficient (Wildman–Crippen LogP) is 8.02. The van der Waals surface area contributed by atoms with Crippen LogP contribution in [0.25, 0.3) is 16.6 Å². The Balaban J connectivity index is 1.69. The smallest absolute Gasteiger partial charge is 0.372 e. The summed E-state index contributed by atoms with van der Waals surface area (Å²) < 4.78 is 83.5. The molecule has 0 aliphatic carbocycles. The average molecular weight is 631 g/mol. The van der Waals surface area contributed by atoms with Crippen molar-refractivity contribution < 1.29 is 35.9 Å². The second-order valence-electron chi connectivity index (χ2n) is 10.9. The van der Waals surface area contributed by atoms with Gasteiger partial charge in [0, 0.05) is 25.4 Å². The molecule has 1 aromatic heterocycles. The normalized spacial score (nSPS) is 13.5. The Hall–Kier alpha value is -4.25. The van der Waals surface area contributed by atoms with Crippen molar-refractivity contribution >= 4 is 16.7 Å². The lowest BCUT2D eigenvalue weighted by molar-refractivity contribution is -0.174. The first-order valence-electron chi connectivity index (χ1n) is 14.3. The van der Waals surface area contributed by atoms with Crippen LogP contribution < -0.4 is 5.56 Å². The van der Waals surface area contributed by atoms with Crippen LogP contribution in [0.1, 0.15) is 48.2 Å². The number of nitrogens with zero attached hydrogens (tertiary/aromatic N) is 2. The highest BCUT2D eigenvalue weighted by Gasteiger charge is 2.31. The number of hydrogen-bond donors (Lipinski definition) is 0. The van der Waals surface area contributed by atoms with E-state index in [4.69, 9.17) is 9.72 Å². The summed E-state index contributed by atoms with van der Waals surface area (Å²) >= 11 is 0. The van der Waals surface area contributed by atoms with Gasteiger partial charge in [-0.1, -0.05) is 49.4 Å². The Morgan fingerprint density at radius 2 is 1.60 bits per heavy atom. The first kappa shape index (κ1) is 33.6. The number of fused-ring (bicyclic) bond motifs is 1. The first-order valence-corrected chi connectivity index (χ1v) is 14.3. The summed E-state index contributed by atoms with van der Waals surface area (Å²) in [6.45, 7) is 3.72. The molecule has 0 aliphatic heterocycles. The number of carbonyl (C=O) groups is 1. The molecule has 0 spiro atoms. The average Bonchev–Trinajstić information content (AvgIpc) is 2.98. The third-order valence-corrected chi connectivity index (χ3v) is 7.56. The molecule has 4 aromatic rings. The number of alkyl halides is 6. The van der Waals surface area contributed by atoms with Gasteiger partial charge in [-0.05, 0) is 66.3 Å². The lowest BCUT2D eigenvalue weighted by Gasteiger charge is -2.26. The fourth-order valence-corrected chi connectivity index (χ4v) is 5.22. The molecule has 5 nitrogen and oxygen atoms in total. The molecule has 0 radical (unpaired) electrons. The van der Waals surface area contributed by atoms with Gasteiger partial charge >= 0.3 is 12.4 Å². The molecule has 0 bridgehead atoms. The standard InChI is InChI=1S/C34H32F6N2O3/c1-3-6-23-11-15-27(16-12-23)42-31(41-30-8-5-4-7-29(30)32(42)44)22(2)25(17-18-45-21-33(35,36)37)20-28(43)19-24-9-13-26(14-10-24)34(38,39)40/h3-5,7-16,22,25H,1,6,17-21H2,2H3/t22-,25?/m0/s1. The van der Waals surface area contributed by atoms with Crippen LogP contribution in [-0.2, 0) is 28.5 Å². The third kappa shape index (κ3) is 8.91. The fraction of sp³-hybridized carbons (Fsp3) is 0.324. The Morgan fingerprint density at radius 3 is 2.22 bits per heavy atom. The van der Waals surface area contributed by atoms with Crippen molar-refractivity contribution in [3.05, 3.63) is 118 Å². The summed E-state index contributed by atoms with van der Waals surface area (Å²) in [5.41, 5.74) is 1.10. The number of rotatable bonds is 13. The summed E-state index contributed by atoms with van der Waals surface area (Å²) in [5, 5.41) is 0.368. The van der Waals surface area contributed by atoms with Crippen molar-refractivity contribution in [2.75, 3.05) is 13.2 Å². The summed E-state index contributed by atoms with van der Waals surface area (Å²) in [7, 11) is 0. The van der Waals surface area contributed by atoms with E-state index >= 15 is 0 Å². The van der Waals surface area contributed by atoms with Crippen molar-refractivity contribution in [1.29, 1.82) is 0 Å². The van der Waals surface area contributed by atoms with E-state index in [0.29, 0.717) is 34.4 Å². The van der Waals surface area contributed by atoms with Gasteiger partial charge in [0.2, 0.25) is 0 Å². The van der Waals surface area contributed by atoms with Crippen LogP contribution in [0.15, 0.2) is 90.2 Å². The quantitative estimate of drug-likeness (QED) is 0.0853. The van der Waals surface area contributed by atoms with Crippen LogP contribution in [0, 0.1) is 5.92 Å². The number of aromatic nitrogens is 2. The lowest BCUT2D eigenvalue weighted by atomic mass is 9.84. The van der Waals surface area contributed by atoms with E-state index in [-0.39, 0.29) is 37.2 Å². The molecule has 0 saturated carbocycles. The second-order valence-corrected chi connectivity index (χ2v) is 10.9. The summed E-state index contributed by atoms with van der Waals surface area (Å²) in [5.74, 6) is -1.23. The van der Waals surface area contributed by atoms with Gasteiger partial charge in [-0.2, -0.15) is 26.3 Å². The molecule has 1 unspecified atom stereocenters. The molecule has 11 heteroatoms. The fourth-order valence-electron chi connectivity index (χ4n) is 5.22. The van der Waals surface area contributed by atoms with E-state index in [1.54, 1.807) is 49.4 Å². The predicted molar refractivity (Wildman–Crippen MR) is 159 cm³/mol. The SMILES string of the molecule is C=CCc1ccc(-n2c([C@@H](C)C(CCOCC(F)(F)F)CC(=O)Cc3ccc(C(F)(F)F)cc3)nc3ccccc3c2=O)cc1. The van der Waals surface area contributed by atoms with Crippen LogP contribution in [0.5, 0.6) is 0 Å². The van der Waals surface area contributed by atoms with E-state index in [1.807, 2.05) is 12.1 Å². The van der Waals surface area contributed by atoms with E-state index in [9.17, 15) is 35.9 Å². The van der Waals surface area contributed by atoms with Gasteiger partial charge < -0.3 is 4.74 Å². The van der Waals surface area contributed by atoms with Gasteiger partial charge in [-0.15, -0.1) is 6.58 Å². The monoisotopic (exact) mass is 630 g/mol. The number of Topliss-reactive ketones (excluding diaryl/α,β-unsaturated/α-hetero) is 1. The number of carbonyl (C=O) groups excluding carboxylic acids is 1. The molecule has 0 N–H and O–H groups in total. The number of para-hydroxylation sites is 1. The van der Waals surface area contributed by atoms with E-state index < -0.39 is 36.4 Å². The van der Waals surface area contributed by atoms with Gasteiger partial charge in [-0.25, -0.2) is 4.98 Å². The third-order valence-electron chi connectivity index (χ3n) is 7.56. The van der Waals surface area contributed by atoms with Crippen LogP contribution >= 0.6 is 0 Å². The van der Waals surface area contributed by atoms with E-state index in [0.717, 1.165) is 17.7 Å². The molecule has 0 fully saturated rings. The van der Waals surface area contributed by atoms with Gasteiger partial charge in [0.25, 0.3) is 5.56 Å². The highest BCUT2D eigenvalue weighted by molar-refractivity contribution is 5.81. The number of hydrogen-bond acceptors (Lipinski definition) is 4. The zero-order chi connectivity index (χ0) is 32.8. The minimum atomic E-state index is -4.53. The number of allylic oxidation sites excluding steroid dienone is 1. The topological polar surface area (TPSA) is 61.2 Å². The number of ether oxygens (including phenoxy) is 1. The molecule has 0 aliphatic rings. The summed E-state index contributed by atoms with van der Waals surface area (Å²) in [6, 6.07) is 18.3. The second kappa shape index (κ2) is 14.2. The van der Waals surface area contributed by atoms with Gasteiger partial charge in [0.15, 0.2) is 0 Å². The van der Waals surface area contributed by atoms with Crippen LogP contribution in [0.2, 0.25) is 0 Å². The van der Waals surface area contributed by atoms with E-state index in [1.165, 1.54) is 16.7 Å². The zero-order valence-corrected chi connectivity index (χ0v) is 24.5. The van der Waals surface area contributed by atoms with E-state index in [2.05, 4.69) is 6.58 Å². The molecule has 1 heterocycles. The van der Waals surface area contributed by atoms with Crippen LogP contribution in [0.3, 0.4) is 0 Å². The van der Waals surface area contributed by atoms with Gasteiger partial charge in [-0.3, -0.25) is 14.2 Å². The van der Waals surface area contributed by atoms with Gasteiger partial charge in [0.05, 0.1) is 22.2 Å². The minimum Gasteiger partial charge on any atom is -0.372 e. The zero-order valence-electron chi connectivity index (χ0n) is 24.5. The van der Waals surface area contributed by atoms with Gasteiger partial charge in [0.1, 0.15) is 18.2 Å². The largest absolute Gasteiger partial charge is 0.416 e. The number of ketones is 1. The van der Waals surface area contributed by atoms with Crippen molar-refractivity contribution in [3.63, 3.8) is 0 Å². The summed E-state index contributed by atoms with van der Waals surface area (Å²) in [4.78, 5) is 31.8. The molecule has 4 rings (SSSR count). The maximum absolute atomic E-state index is 13.8. The Labute approximate surface area is 256 Å². The minimum absolute atomic E-state index is 0.0387. The molecule has 45 heavy (non-hydrogen) atoms. The van der Waals surface area contributed by atoms with Crippen LogP contribution in [0.4, 0.5) is 26.3 Å². The van der Waals surface area contributed by atoms with Crippen molar-refractivity contribution in [3.8, 4) is 5.69 Å². The van der Waals surface area contributed by atoms with Crippen molar-refractivity contribution in [2.24, 2.45) is 5.92 Å². The molecular formula is C34H32F6N2O3. The van der Waals surface area contributed by atoms with Crippen molar-refractivity contribution in [2.45, 2.75) is 50.9 Å². The highest BCUT2D eigenvalue weighted by atomic mass is 19.4. The van der Waals surface area contributed by atoms with Crippen LogP contribution in [-0.4, -0.2) is 34.7 Å². The maximum Gasteiger partial charge on any atom is 0.416 e.